The van der Waals surface area contributed by atoms with Crippen LogP contribution in [0.25, 0.3) is 0 Å². The Bertz CT molecular complexity index is 242. The molecular weight excluding hydrogens is 209 g/mol. The maximum Gasteiger partial charge on any atom is 1.00 e. The summed E-state index contributed by atoms with van der Waals surface area (Å²) in [4.78, 5) is 10.6. The minimum Gasteiger partial charge on any atom is -0.748 e. The number of hydrogen-bond donors (Lipinski definition) is 3. The summed E-state index contributed by atoms with van der Waals surface area (Å²) in [5.74, 6) is 3.73. The van der Waals surface area contributed by atoms with E-state index >= 15 is 0 Å². The molecule has 0 saturated carbocycles. The quantitative estimate of drug-likeness (QED) is 0.183. The molecule has 72 valence electrons. The van der Waals surface area contributed by atoms with Crippen LogP contribution in [0.2, 0.25) is 0 Å². The maximum absolute atomic E-state index is 10.6. The number of carbonyl (C=O) groups excluding carboxylic acids is 1. The van der Waals surface area contributed by atoms with Gasteiger partial charge < -0.3 is 9.87 Å². The second-order valence-electron chi connectivity index (χ2n) is 1.99. The van der Waals surface area contributed by atoms with Gasteiger partial charge in [-0.15, -0.1) is 0 Å². The van der Waals surface area contributed by atoms with E-state index in [2.05, 4.69) is 10.7 Å². The molecule has 0 fully saturated rings. The molecule has 0 atom stereocenters. The van der Waals surface area contributed by atoms with Crippen LogP contribution in [0.1, 0.15) is 0 Å². The number of rotatable bonds is 5. The summed E-state index contributed by atoms with van der Waals surface area (Å²) in [7, 11) is -4.25. The average molecular weight is 219 g/mol. The Morgan fingerprint density at radius 2 is 2.00 bits per heavy atom. The first-order chi connectivity index (χ1) is 5.45. The van der Waals surface area contributed by atoms with Crippen molar-refractivity contribution in [1.82, 2.24) is 10.7 Å². The molecule has 0 spiro atoms. The Morgan fingerprint density at radius 3 is 2.38 bits per heavy atom. The fourth-order valence-corrected chi connectivity index (χ4v) is 0.823. The van der Waals surface area contributed by atoms with E-state index in [1.54, 1.807) is 0 Å². The van der Waals surface area contributed by atoms with Crippen LogP contribution in [0.3, 0.4) is 0 Å². The van der Waals surface area contributed by atoms with Crippen molar-refractivity contribution < 1.29 is 47.3 Å². The molecule has 4 N–H and O–H groups in total. The van der Waals surface area contributed by atoms with E-state index in [0.29, 0.717) is 0 Å². The van der Waals surface area contributed by atoms with Crippen molar-refractivity contribution in [3.8, 4) is 0 Å². The molecule has 9 heteroatoms. The van der Waals surface area contributed by atoms with Gasteiger partial charge >= 0.3 is 29.6 Å². The molecule has 0 aromatic carbocycles. The van der Waals surface area contributed by atoms with Crippen LogP contribution in [0.4, 0.5) is 0 Å². The minimum absolute atomic E-state index is 0. The molecule has 7 nitrogen and oxygen atoms in total. The summed E-state index contributed by atoms with van der Waals surface area (Å²) in [6.07, 6.45) is 0. The number of hydrogen-bond acceptors (Lipinski definition) is 6. The van der Waals surface area contributed by atoms with Crippen LogP contribution < -0.4 is 46.1 Å². The van der Waals surface area contributed by atoms with Gasteiger partial charge in [0, 0.05) is 6.54 Å². The van der Waals surface area contributed by atoms with E-state index in [0.717, 1.165) is 0 Å². The molecule has 0 aromatic heterocycles. The van der Waals surface area contributed by atoms with Crippen LogP contribution >= 0.6 is 0 Å². The van der Waals surface area contributed by atoms with Gasteiger partial charge in [0.2, 0.25) is 5.91 Å². The third-order valence-electron chi connectivity index (χ3n) is 0.937. The fourth-order valence-electron chi connectivity index (χ4n) is 0.471. The summed E-state index contributed by atoms with van der Waals surface area (Å²) in [5, 5.41) is 2.18. The van der Waals surface area contributed by atoms with E-state index in [1.807, 2.05) is 0 Å². The van der Waals surface area contributed by atoms with Crippen LogP contribution in [0.15, 0.2) is 0 Å². The van der Waals surface area contributed by atoms with E-state index in [4.69, 9.17) is 5.84 Å². The molecule has 1 amide bonds. The maximum atomic E-state index is 10.6. The Labute approximate surface area is 98.4 Å². The monoisotopic (exact) mass is 219 g/mol. The fraction of sp³-hybridized carbons (Fsp3) is 0.750. The second kappa shape index (κ2) is 7.68. The summed E-state index contributed by atoms with van der Waals surface area (Å²) in [6, 6.07) is 0. The smallest absolute Gasteiger partial charge is 0.748 e. The van der Waals surface area contributed by atoms with E-state index < -0.39 is 21.8 Å². The molecule has 0 bridgehead atoms. The first-order valence-corrected chi connectivity index (χ1v) is 4.67. The molecule has 0 radical (unpaired) electrons. The van der Waals surface area contributed by atoms with Crippen LogP contribution in [-0.2, 0) is 14.9 Å². The molecule has 0 aliphatic heterocycles. The van der Waals surface area contributed by atoms with Gasteiger partial charge in [-0.25, -0.2) is 8.42 Å². The van der Waals surface area contributed by atoms with Crippen molar-refractivity contribution in [2.45, 2.75) is 0 Å². The average Bonchev–Trinajstić information content (AvgIpc) is 1.84. The van der Waals surface area contributed by atoms with Gasteiger partial charge in [-0.3, -0.25) is 16.1 Å². The molecule has 0 rings (SSSR count). The third-order valence-corrected chi connectivity index (χ3v) is 1.64. The number of hydrazine groups is 1. The van der Waals surface area contributed by atoms with Crippen molar-refractivity contribution in [1.29, 1.82) is 0 Å². The minimum atomic E-state index is -4.25. The summed E-state index contributed by atoms with van der Waals surface area (Å²) in [5.41, 5.74) is 2.08. The largest absolute Gasteiger partial charge is 1.00 e. The molecule has 0 aliphatic carbocycles. The number of amides is 1. The van der Waals surface area contributed by atoms with Gasteiger partial charge in [-0.05, 0) is 0 Å². The SMILES string of the molecule is NNCC(=O)NCCS(=O)(=O)[O-].[Na+]. The van der Waals surface area contributed by atoms with Crippen molar-refractivity contribution >= 4 is 16.0 Å². The van der Waals surface area contributed by atoms with Gasteiger partial charge in [-0.2, -0.15) is 0 Å². The van der Waals surface area contributed by atoms with Crippen molar-refractivity contribution in [3.63, 3.8) is 0 Å². The predicted molar refractivity (Wildman–Crippen MR) is 39.8 cm³/mol. The predicted octanol–water partition coefficient (Wildman–Crippen LogP) is -5.88. The topological polar surface area (TPSA) is 124 Å². The molecule has 0 saturated heterocycles. The first kappa shape index (κ1) is 15.8. The van der Waals surface area contributed by atoms with E-state index in [9.17, 15) is 17.8 Å². The Kier molecular flexibility index (Phi) is 9.31. The molecule has 0 aromatic rings. The van der Waals surface area contributed by atoms with Crippen LogP contribution in [0.5, 0.6) is 0 Å². The van der Waals surface area contributed by atoms with Gasteiger partial charge in [0.25, 0.3) is 0 Å². The molecular formula is C4H10N3NaO4S. The molecule has 0 heterocycles. The molecule has 0 aliphatic rings. The number of nitrogens with one attached hydrogen (secondary N) is 2. The van der Waals surface area contributed by atoms with E-state index in [-0.39, 0.29) is 42.6 Å². The standard InChI is InChI=1S/C4H11N3O4S.Na/c5-7-3-4(8)6-1-2-12(9,10)11;/h7H,1-3,5H2,(H,6,8)(H,9,10,11);/q;+1/p-1. The van der Waals surface area contributed by atoms with Crippen LogP contribution in [0, 0.1) is 0 Å². The molecule has 13 heavy (non-hydrogen) atoms. The summed E-state index contributed by atoms with van der Waals surface area (Å²) < 4.78 is 30.1. The van der Waals surface area contributed by atoms with Gasteiger partial charge in [-0.1, -0.05) is 0 Å². The first-order valence-electron chi connectivity index (χ1n) is 3.09. The summed E-state index contributed by atoms with van der Waals surface area (Å²) in [6.45, 7) is -0.300. The number of nitrogens with two attached hydrogens (primary N) is 1. The third kappa shape index (κ3) is 12.3. The molecule has 0 unspecified atom stereocenters. The zero-order chi connectivity index (χ0) is 9.61. The second-order valence-corrected chi connectivity index (χ2v) is 3.52. The zero-order valence-corrected chi connectivity index (χ0v) is 10.1. The van der Waals surface area contributed by atoms with Gasteiger partial charge in [0.15, 0.2) is 0 Å². The van der Waals surface area contributed by atoms with E-state index in [1.165, 1.54) is 0 Å². The van der Waals surface area contributed by atoms with Crippen molar-refractivity contribution in [2.75, 3.05) is 18.8 Å². The van der Waals surface area contributed by atoms with Crippen molar-refractivity contribution in [2.24, 2.45) is 5.84 Å². The normalized spacial score (nSPS) is 10.3. The number of carbonyl (C=O) groups is 1. The Morgan fingerprint density at radius 1 is 1.46 bits per heavy atom. The van der Waals surface area contributed by atoms with Gasteiger partial charge in [0.05, 0.1) is 22.4 Å². The zero-order valence-electron chi connectivity index (χ0n) is 7.24. The Balaban J connectivity index is 0. The van der Waals surface area contributed by atoms with Gasteiger partial charge in [0.1, 0.15) is 0 Å². The summed E-state index contributed by atoms with van der Waals surface area (Å²) >= 11 is 0. The van der Waals surface area contributed by atoms with Crippen LogP contribution in [-0.4, -0.2) is 37.7 Å². The Hall–Kier alpha value is 0.300. The van der Waals surface area contributed by atoms with Crippen molar-refractivity contribution in [3.05, 3.63) is 0 Å².